The normalized spacial score (nSPS) is 12.2. The van der Waals surface area contributed by atoms with Gasteiger partial charge >= 0.3 is 5.97 Å². The van der Waals surface area contributed by atoms with Gasteiger partial charge < -0.3 is 16.2 Å². The first-order valence-corrected chi connectivity index (χ1v) is 5.64. The highest BCUT2D eigenvalue weighted by Crippen LogP contribution is 2.04. The zero-order chi connectivity index (χ0) is 13.7. The van der Waals surface area contributed by atoms with E-state index in [9.17, 15) is 9.59 Å². The lowest BCUT2D eigenvalue weighted by atomic mass is 10.2. The van der Waals surface area contributed by atoms with Crippen molar-refractivity contribution >= 4 is 11.9 Å². The Morgan fingerprint density at radius 1 is 1.56 bits per heavy atom. The fourth-order valence-electron chi connectivity index (χ4n) is 1.39. The van der Waals surface area contributed by atoms with Gasteiger partial charge in [0, 0.05) is 12.6 Å². The summed E-state index contributed by atoms with van der Waals surface area (Å²) >= 11 is 0. The zero-order valence-corrected chi connectivity index (χ0v) is 10.4. The quantitative estimate of drug-likeness (QED) is 0.620. The first-order chi connectivity index (χ1) is 8.49. The molecule has 0 fully saturated rings. The SMILES string of the molecule is CCC(C)NC(=O)Cn1nnc(C(=O)O)c1CN. The van der Waals surface area contributed by atoms with Gasteiger partial charge in [0.05, 0.1) is 5.69 Å². The number of carbonyl (C=O) groups is 2. The van der Waals surface area contributed by atoms with Crippen LogP contribution in [0.5, 0.6) is 0 Å². The molecule has 0 aliphatic heterocycles. The smallest absolute Gasteiger partial charge is 0.358 e. The van der Waals surface area contributed by atoms with E-state index in [0.717, 1.165) is 6.42 Å². The number of nitrogens with two attached hydrogens (primary N) is 1. The molecule has 0 spiro atoms. The minimum atomic E-state index is -1.20. The number of nitrogens with one attached hydrogen (secondary N) is 1. The topological polar surface area (TPSA) is 123 Å². The van der Waals surface area contributed by atoms with Gasteiger partial charge in [-0.2, -0.15) is 0 Å². The van der Waals surface area contributed by atoms with Crippen LogP contribution in [0.25, 0.3) is 0 Å². The van der Waals surface area contributed by atoms with Crippen molar-refractivity contribution in [3.63, 3.8) is 0 Å². The minimum absolute atomic E-state index is 0.0365. The Hall–Kier alpha value is -1.96. The molecule has 0 saturated heterocycles. The van der Waals surface area contributed by atoms with E-state index in [1.807, 2.05) is 13.8 Å². The first kappa shape index (κ1) is 14.1. The Morgan fingerprint density at radius 3 is 2.72 bits per heavy atom. The summed E-state index contributed by atoms with van der Waals surface area (Å²) in [5, 5.41) is 18.7. The molecule has 8 nitrogen and oxygen atoms in total. The van der Waals surface area contributed by atoms with Crippen LogP contribution in [0, 0.1) is 0 Å². The summed E-state index contributed by atoms with van der Waals surface area (Å²) in [5.41, 5.74) is 5.46. The van der Waals surface area contributed by atoms with Gasteiger partial charge in [-0.25, -0.2) is 9.48 Å². The molecular formula is C10H17N5O3. The maximum absolute atomic E-state index is 11.6. The third-order valence-electron chi connectivity index (χ3n) is 2.55. The number of nitrogens with zero attached hydrogens (tertiary/aromatic N) is 3. The lowest BCUT2D eigenvalue weighted by molar-refractivity contribution is -0.122. The summed E-state index contributed by atoms with van der Waals surface area (Å²) in [6.07, 6.45) is 0.813. The third kappa shape index (κ3) is 3.27. The molecule has 1 heterocycles. The van der Waals surface area contributed by atoms with Crippen molar-refractivity contribution in [1.82, 2.24) is 20.3 Å². The van der Waals surface area contributed by atoms with E-state index >= 15 is 0 Å². The average molecular weight is 255 g/mol. The van der Waals surface area contributed by atoms with Gasteiger partial charge in [-0.15, -0.1) is 5.10 Å². The summed E-state index contributed by atoms with van der Waals surface area (Å²) < 4.78 is 1.21. The molecule has 1 aromatic rings. The van der Waals surface area contributed by atoms with Gasteiger partial charge in [-0.1, -0.05) is 12.1 Å². The first-order valence-electron chi connectivity index (χ1n) is 5.64. The van der Waals surface area contributed by atoms with Crippen molar-refractivity contribution in [2.24, 2.45) is 5.73 Å². The molecular weight excluding hydrogens is 238 g/mol. The number of carbonyl (C=O) groups excluding carboxylic acids is 1. The third-order valence-corrected chi connectivity index (χ3v) is 2.55. The standard InChI is InChI=1S/C10H17N5O3/c1-3-6(2)12-8(16)5-15-7(4-11)9(10(17)18)13-14-15/h6H,3-5,11H2,1-2H3,(H,12,16)(H,17,18). The van der Waals surface area contributed by atoms with Crippen molar-refractivity contribution in [2.75, 3.05) is 0 Å². The van der Waals surface area contributed by atoms with Gasteiger partial charge in [0.2, 0.25) is 5.91 Å². The van der Waals surface area contributed by atoms with Crippen LogP contribution in [0.1, 0.15) is 36.5 Å². The van der Waals surface area contributed by atoms with Crippen LogP contribution in [0.15, 0.2) is 0 Å². The lowest BCUT2D eigenvalue weighted by Crippen LogP contribution is -2.35. The number of aromatic nitrogens is 3. The van der Waals surface area contributed by atoms with Crippen LogP contribution in [0.3, 0.4) is 0 Å². The Balaban J connectivity index is 2.79. The molecule has 0 aliphatic rings. The molecule has 100 valence electrons. The van der Waals surface area contributed by atoms with Crippen LogP contribution >= 0.6 is 0 Å². The van der Waals surface area contributed by atoms with Gasteiger partial charge in [0.1, 0.15) is 6.54 Å². The number of hydrogen-bond acceptors (Lipinski definition) is 5. The molecule has 1 rings (SSSR count). The maximum Gasteiger partial charge on any atom is 0.358 e. The number of rotatable bonds is 6. The van der Waals surface area contributed by atoms with E-state index < -0.39 is 5.97 Å². The predicted octanol–water partition coefficient (Wildman–Crippen LogP) is -0.650. The van der Waals surface area contributed by atoms with Gasteiger partial charge in [0.25, 0.3) is 0 Å². The van der Waals surface area contributed by atoms with E-state index in [2.05, 4.69) is 15.6 Å². The fraction of sp³-hybridized carbons (Fsp3) is 0.600. The van der Waals surface area contributed by atoms with Gasteiger partial charge in [-0.05, 0) is 13.3 Å². The summed E-state index contributed by atoms with van der Waals surface area (Å²) in [7, 11) is 0. The van der Waals surface area contributed by atoms with Crippen molar-refractivity contribution in [1.29, 1.82) is 0 Å². The number of amides is 1. The Bertz CT molecular complexity index is 443. The predicted molar refractivity (Wildman–Crippen MR) is 62.8 cm³/mol. The maximum atomic E-state index is 11.6. The molecule has 4 N–H and O–H groups in total. The van der Waals surface area contributed by atoms with Crippen LogP contribution in [-0.2, 0) is 17.9 Å². The molecule has 0 aliphatic carbocycles. The second kappa shape index (κ2) is 6.10. The number of carboxylic acid groups (broad SMARTS) is 1. The van der Waals surface area contributed by atoms with Gasteiger partial charge in [0.15, 0.2) is 5.69 Å². The van der Waals surface area contributed by atoms with Crippen molar-refractivity contribution in [3.05, 3.63) is 11.4 Å². The van der Waals surface area contributed by atoms with Crippen LogP contribution < -0.4 is 11.1 Å². The monoisotopic (exact) mass is 255 g/mol. The molecule has 18 heavy (non-hydrogen) atoms. The average Bonchev–Trinajstić information content (AvgIpc) is 2.71. The fourth-order valence-corrected chi connectivity index (χ4v) is 1.39. The molecule has 1 atom stereocenters. The molecule has 0 bridgehead atoms. The summed E-state index contributed by atoms with van der Waals surface area (Å²) in [6.45, 7) is 3.71. The van der Waals surface area contributed by atoms with Crippen LogP contribution in [-0.4, -0.2) is 38.0 Å². The molecule has 1 amide bonds. The Labute approximate surface area is 104 Å². The number of carboxylic acids is 1. The minimum Gasteiger partial charge on any atom is -0.476 e. The van der Waals surface area contributed by atoms with Crippen molar-refractivity contribution in [2.45, 2.75) is 39.4 Å². The largest absolute Gasteiger partial charge is 0.476 e. The Kier molecular flexibility index (Phi) is 4.78. The Morgan fingerprint density at radius 2 is 2.22 bits per heavy atom. The zero-order valence-electron chi connectivity index (χ0n) is 10.4. The highest BCUT2D eigenvalue weighted by atomic mass is 16.4. The molecule has 0 saturated carbocycles. The van der Waals surface area contributed by atoms with E-state index in [0.29, 0.717) is 0 Å². The molecule has 1 aromatic heterocycles. The van der Waals surface area contributed by atoms with Gasteiger partial charge in [-0.3, -0.25) is 4.79 Å². The highest BCUT2D eigenvalue weighted by molar-refractivity contribution is 5.86. The van der Waals surface area contributed by atoms with Crippen molar-refractivity contribution in [3.8, 4) is 0 Å². The van der Waals surface area contributed by atoms with E-state index in [1.165, 1.54) is 4.68 Å². The van der Waals surface area contributed by atoms with Crippen LogP contribution in [0.4, 0.5) is 0 Å². The second-order valence-electron chi connectivity index (χ2n) is 3.93. The second-order valence-corrected chi connectivity index (χ2v) is 3.93. The van der Waals surface area contributed by atoms with Crippen LogP contribution in [0.2, 0.25) is 0 Å². The lowest BCUT2D eigenvalue weighted by Gasteiger charge is -2.11. The summed E-state index contributed by atoms with van der Waals surface area (Å²) in [6, 6.07) is 0.0568. The summed E-state index contributed by atoms with van der Waals surface area (Å²) in [4.78, 5) is 22.5. The molecule has 0 aromatic carbocycles. The summed E-state index contributed by atoms with van der Waals surface area (Å²) in [5.74, 6) is -1.45. The molecule has 1 unspecified atom stereocenters. The molecule has 8 heteroatoms. The molecule has 0 radical (unpaired) electrons. The van der Waals surface area contributed by atoms with E-state index in [1.54, 1.807) is 0 Å². The highest BCUT2D eigenvalue weighted by Gasteiger charge is 2.19. The van der Waals surface area contributed by atoms with E-state index in [-0.39, 0.29) is 36.4 Å². The number of hydrogen-bond donors (Lipinski definition) is 3. The van der Waals surface area contributed by atoms with Crippen molar-refractivity contribution < 1.29 is 14.7 Å². The van der Waals surface area contributed by atoms with E-state index in [4.69, 9.17) is 10.8 Å². The number of aromatic carboxylic acids is 1.